The predicted octanol–water partition coefficient (Wildman–Crippen LogP) is 5.02. The van der Waals surface area contributed by atoms with Gasteiger partial charge in [-0.2, -0.15) is 0 Å². The third-order valence-corrected chi connectivity index (χ3v) is 6.79. The minimum atomic E-state index is -0.0440. The van der Waals surface area contributed by atoms with Crippen molar-refractivity contribution >= 4 is 50.6 Å². The molecule has 4 aromatic rings. The summed E-state index contributed by atoms with van der Waals surface area (Å²) in [6.07, 6.45) is 0.735. The fourth-order valence-corrected chi connectivity index (χ4v) is 5.23. The summed E-state index contributed by atoms with van der Waals surface area (Å²) in [6.45, 7) is 0.573. The van der Waals surface area contributed by atoms with Crippen molar-refractivity contribution in [2.24, 2.45) is 0 Å². The first kappa shape index (κ1) is 18.2. The van der Waals surface area contributed by atoms with Gasteiger partial charge in [-0.3, -0.25) is 4.79 Å². The number of thiazole rings is 2. The van der Waals surface area contributed by atoms with Gasteiger partial charge in [-0.05, 0) is 24.3 Å². The number of fused-ring (bicyclic) bond motifs is 1. The van der Waals surface area contributed by atoms with Crippen LogP contribution < -0.4 is 5.32 Å². The second-order valence-corrected chi connectivity index (χ2v) is 8.70. The van der Waals surface area contributed by atoms with Crippen LogP contribution in [-0.2, 0) is 12.2 Å². The van der Waals surface area contributed by atoms with Crippen LogP contribution in [0.4, 0.5) is 0 Å². The molecule has 1 N–H and O–H groups in total. The first-order valence-corrected chi connectivity index (χ1v) is 11.3. The molecule has 136 valence electrons. The highest BCUT2D eigenvalue weighted by Gasteiger charge is 2.12. The molecule has 0 saturated carbocycles. The number of para-hydroxylation sites is 1. The highest BCUT2D eigenvalue weighted by atomic mass is 32.2. The highest BCUT2D eigenvalue weighted by molar-refractivity contribution is 7.98. The molecule has 2 heterocycles. The quantitative estimate of drug-likeness (QED) is 0.434. The number of hydrogen-bond donors (Lipinski definition) is 1. The molecule has 4 nitrogen and oxygen atoms in total. The van der Waals surface area contributed by atoms with Crippen molar-refractivity contribution in [2.45, 2.75) is 17.1 Å². The Labute approximate surface area is 169 Å². The molecule has 0 atom stereocenters. The maximum atomic E-state index is 12.6. The van der Waals surface area contributed by atoms with Gasteiger partial charge in [0.05, 0.1) is 32.0 Å². The molecule has 27 heavy (non-hydrogen) atoms. The lowest BCUT2D eigenvalue weighted by Crippen LogP contribution is -2.26. The summed E-state index contributed by atoms with van der Waals surface area (Å²) in [7, 11) is 0. The van der Waals surface area contributed by atoms with Crippen molar-refractivity contribution in [3.05, 3.63) is 75.7 Å². The predicted molar refractivity (Wildman–Crippen MR) is 114 cm³/mol. The number of aromatic nitrogens is 2. The number of carbonyl (C=O) groups is 1. The van der Waals surface area contributed by atoms with Gasteiger partial charge in [0.1, 0.15) is 0 Å². The molecule has 7 heteroatoms. The van der Waals surface area contributed by atoms with Crippen molar-refractivity contribution in [3.63, 3.8) is 0 Å². The Morgan fingerprint density at radius 2 is 1.96 bits per heavy atom. The van der Waals surface area contributed by atoms with Crippen LogP contribution in [0.15, 0.2) is 64.3 Å². The van der Waals surface area contributed by atoms with E-state index in [-0.39, 0.29) is 5.91 Å². The monoisotopic (exact) mass is 411 g/mol. The molecule has 0 bridgehead atoms. The number of amides is 1. The zero-order valence-corrected chi connectivity index (χ0v) is 16.9. The summed E-state index contributed by atoms with van der Waals surface area (Å²) >= 11 is 4.91. The zero-order chi connectivity index (χ0) is 18.5. The zero-order valence-electron chi connectivity index (χ0n) is 14.4. The molecule has 0 spiro atoms. The van der Waals surface area contributed by atoms with Gasteiger partial charge in [0.25, 0.3) is 5.91 Å². The summed E-state index contributed by atoms with van der Waals surface area (Å²) in [5.41, 5.74) is 4.60. The summed E-state index contributed by atoms with van der Waals surface area (Å²) in [5, 5.41) is 6.11. The summed E-state index contributed by atoms with van der Waals surface area (Å²) in [4.78, 5) is 22.5. The Bertz CT molecular complexity index is 1010. The molecule has 4 rings (SSSR count). The van der Waals surface area contributed by atoms with E-state index in [1.807, 2.05) is 53.4 Å². The van der Waals surface area contributed by atoms with Gasteiger partial charge in [0, 0.05) is 29.0 Å². The van der Waals surface area contributed by atoms with E-state index < -0.39 is 0 Å². The Hall–Kier alpha value is -2.22. The molecule has 0 saturated heterocycles. The number of rotatable bonds is 7. The minimum Gasteiger partial charge on any atom is -0.352 e. The molecular weight excluding hydrogens is 394 g/mol. The Morgan fingerprint density at radius 1 is 1.11 bits per heavy atom. The fraction of sp³-hybridized carbons (Fsp3) is 0.150. The van der Waals surface area contributed by atoms with E-state index in [4.69, 9.17) is 0 Å². The maximum Gasteiger partial charge on any atom is 0.252 e. The molecule has 2 aromatic heterocycles. The summed E-state index contributed by atoms with van der Waals surface area (Å²) < 4.78 is 1.18. The highest BCUT2D eigenvalue weighted by Crippen LogP contribution is 2.26. The van der Waals surface area contributed by atoms with Crippen LogP contribution in [0.3, 0.4) is 0 Å². The molecular formula is C20H17N3OS3. The molecule has 0 aliphatic rings. The van der Waals surface area contributed by atoms with Gasteiger partial charge in [-0.15, -0.1) is 34.4 Å². The van der Waals surface area contributed by atoms with Crippen molar-refractivity contribution < 1.29 is 4.79 Å². The second kappa shape index (κ2) is 8.65. The van der Waals surface area contributed by atoms with Crippen LogP contribution in [0, 0.1) is 0 Å². The third kappa shape index (κ3) is 4.55. The summed E-state index contributed by atoms with van der Waals surface area (Å²) in [5.74, 6) is 0.719. The average Bonchev–Trinajstić information content (AvgIpc) is 3.35. The van der Waals surface area contributed by atoms with Gasteiger partial charge in [0.2, 0.25) is 0 Å². The molecule has 2 aromatic carbocycles. The molecule has 0 fully saturated rings. The SMILES string of the molecule is O=C(NCCc1nc2ccccc2s1)c1ccccc1SCc1cscn1. The molecule has 0 unspecified atom stereocenters. The number of nitrogens with zero attached hydrogens (tertiary/aromatic N) is 2. The van der Waals surface area contributed by atoms with Crippen LogP contribution in [-0.4, -0.2) is 22.4 Å². The van der Waals surface area contributed by atoms with Gasteiger partial charge in [-0.25, -0.2) is 9.97 Å². The van der Waals surface area contributed by atoms with E-state index in [2.05, 4.69) is 21.4 Å². The Morgan fingerprint density at radius 3 is 2.81 bits per heavy atom. The molecule has 1 amide bonds. The van der Waals surface area contributed by atoms with E-state index in [1.54, 1.807) is 34.4 Å². The van der Waals surface area contributed by atoms with E-state index in [0.717, 1.165) is 33.3 Å². The normalized spacial score (nSPS) is 11.0. The van der Waals surface area contributed by atoms with Crippen molar-refractivity contribution in [3.8, 4) is 0 Å². The molecule has 0 radical (unpaired) electrons. The smallest absolute Gasteiger partial charge is 0.252 e. The van der Waals surface area contributed by atoms with Crippen molar-refractivity contribution in [1.82, 2.24) is 15.3 Å². The maximum absolute atomic E-state index is 12.6. The van der Waals surface area contributed by atoms with Crippen LogP contribution in [0.1, 0.15) is 21.1 Å². The number of benzene rings is 2. The number of thioether (sulfide) groups is 1. The standard InChI is InChI=1S/C20H17N3OS3/c24-20(21-10-9-19-23-16-6-2-4-8-18(16)27-19)15-5-1-3-7-17(15)26-12-14-11-25-13-22-14/h1-8,11,13H,9-10,12H2,(H,21,24). The minimum absolute atomic E-state index is 0.0440. The van der Waals surface area contributed by atoms with Gasteiger partial charge >= 0.3 is 0 Å². The van der Waals surface area contributed by atoms with Gasteiger partial charge in [0.15, 0.2) is 0 Å². The molecule has 0 aliphatic heterocycles. The lowest BCUT2D eigenvalue weighted by atomic mass is 10.2. The Balaban J connectivity index is 1.36. The van der Waals surface area contributed by atoms with E-state index >= 15 is 0 Å². The second-order valence-electron chi connectivity index (χ2n) is 5.85. The first-order chi connectivity index (χ1) is 13.3. The average molecular weight is 412 g/mol. The van der Waals surface area contributed by atoms with E-state index in [9.17, 15) is 4.79 Å². The number of carbonyl (C=O) groups excluding carboxylic acids is 1. The van der Waals surface area contributed by atoms with Crippen LogP contribution in [0.25, 0.3) is 10.2 Å². The van der Waals surface area contributed by atoms with Crippen molar-refractivity contribution in [1.29, 1.82) is 0 Å². The Kier molecular flexibility index (Phi) is 5.81. The number of nitrogens with one attached hydrogen (secondary N) is 1. The molecule has 0 aliphatic carbocycles. The van der Waals surface area contributed by atoms with Crippen molar-refractivity contribution in [2.75, 3.05) is 6.54 Å². The van der Waals surface area contributed by atoms with E-state index in [1.165, 1.54) is 4.70 Å². The lowest BCUT2D eigenvalue weighted by Gasteiger charge is -2.09. The van der Waals surface area contributed by atoms with Gasteiger partial charge < -0.3 is 5.32 Å². The number of hydrogen-bond acceptors (Lipinski definition) is 6. The van der Waals surface area contributed by atoms with Gasteiger partial charge in [-0.1, -0.05) is 24.3 Å². The third-order valence-electron chi connectivity index (χ3n) is 3.95. The first-order valence-electron chi connectivity index (χ1n) is 8.51. The van der Waals surface area contributed by atoms with E-state index in [0.29, 0.717) is 12.1 Å². The summed E-state index contributed by atoms with van der Waals surface area (Å²) in [6, 6.07) is 15.8. The lowest BCUT2D eigenvalue weighted by molar-refractivity contribution is 0.0951. The fourth-order valence-electron chi connectivity index (χ4n) is 2.65. The van der Waals surface area contributed by atoms with Crippen LogP contribution in [0.5, 0.6) is 0 Å². The van der Waals surface area contributed by atoms with Crippen LogP contribution >= 0.6 is 34.4 Å². The topological polar surface area (TPSA) is 54.9 Å². The van der Waals surface area contributed by atoms with Crippen LogP contribution in [0.2, 0.25) is 0 Å². The largest absolute Gasteiger partial charge is 0.352 e.